The molecule has 0 atom stereocenters. The smallest absolute Gasteiger partial charge is 0.0626 e. The molecular formula is C124H77N3. The van der Waals surface area contributed by atoms with E-state index in [-0.39, 0.29) is 0 Å². The molecule has 25 aromatic carbocycles. The molecule has 0 bridgehead atoms. The maximum absolute atomic E-state index is 2.53. The molecule has 0 fully saturated rings. The normalized spacial score (nSPS) is 11.9. The van der Waals surface area contributed by atoms with E-state index in [1.54, 1.807) is 0 Å². The van der Waals surface area contributed by atoms with Crippen molar-refractivity contribution >= 4 is 205 Å². The Labute approximate surface area is 731 Å². The van der Waals surface area contributed by atoms with Crippen molar-refractivity contribution in [2.75, 3.05) is 0 Å². The van der Waals surface area contributed by atoms with Crippen LogP contribution in [-0.4, -0.2) is 13.7 Å². The molecule has 0 saturated heterocycles. The van der Waals surface area contributed by atoms with E-state index in [4.69, 9.17) is 0 Å². The van der Waals surface area contributed by atoms with Crippen LogP contribution in [0.25, 0.3) is 256 Å². The minimum atomic E-state index is 1.17. The van der Waals surface area contributed by atoms with E-state index in [2.05, 4.69) is 481 Å². The largest absolute Gasteiger partial charge is 0.309 e. The molecule has 28 aromatic rings. The van der Waals surface area contributed by atoms with Crippen molar-refractivity contribution in [1.82, 2.24) is 13.7 Å². The fourth-order valence-corrected chi connectivity index (χ4v) is 21.9. The van der Waals surface area contributed by atoms with Crippen LogP contribution in [0.4, 0.5) is 0 Å². The topological polar surface area (TPSA) is 14.8 Å². The number of rotatable bonds is 6. The molecule has 3 heteroatoms. The quantitative estimate of drug-likeness (QED) is 0.147. The van der Waals surface area contributed by atoms with Crippen molar-refractivity contribution < 1.29 is 0 Å². The second-order valence-corrected chi connectivity index (χ2v) is 33.8. The van der Waals surface area contributed by atoms with E-state index in [1.165, 1.54) is 256 Å². The van der Waals surface area contributed by atoms with Crippen LogP contribution in [0.3, 0.4) is 0 Å². The molecule has 3 aromatic heterocycles. The molecule has 0 aliphatic carbocycles. The van der Waals surface area contributed by atoms with Crippen molar-refractivity contribution in [3.05, 3.63) is 467 Å². The molecule has 0 amide bonds. The Morgan fingerprint density at radius 3 is 0.772 bits per heavy atom. The first-order valence-electron chi connectivity index (χ1n) is 44.0. The molecule has 588 valence electrons. The van der Waals surface area contributed by atoms with E-state index < -0.39 is 0 Å². The molecule has 3 heterocycles. The number of nitrogens with zero attached hydrogens (tertiary/aromatic N) is 3. The summed E-state index contributed by atoms with van der Waals surface area (Å²) in [6.07, 6.45) is 0. The molecule has 0 radical (unpaired) electrons. The lowest BCUT2D eigenvalue weighted by molar-refractivity contribution is 1.19. The van der Waals surface area contributed by atoms with Gasteiger partial charge in [0, 0.05) is 64.9 Å². The molecule has 0 saturated carbocycles. The maximum atomic E-state index is 2.53. The highest BCUT2D eigenvalue weighted by molar-refractivity contribution is 6.37. The second-order valence-electron chi connectivity index (χ2n) is 33.8. The van der Waals surface area contributed by atoms with Gasteiger partial charge in [-0.05, 0) is 189 Å². The van der Waals surface area contributed by atoms with E-state index in [9.17, 15) is 0 Å². The summed E-state index contributed by atoms with van der Waals surface area (Å²) < 4.78 is 7.52. The Bertz CT molecular complexity index is 9360. The lowest BCUT2D eigenvalue weighted by atomic mass is 9.92. The summed E-state index contributed by atoms with van der Waals surface area (Å²) in [4.78, 5) is 0. The molecule has 3 nitrogen and oxygen atoms in total. The average molecular weight is 1610 g/mol. The maximum Gasteiger partial charge on any atom is 0.0626 e. The minimum Gasteiger partial charge on any atom is -0.309 e. The van der Waals surface area contributed by atoms with Gasteiger partial charge in [-0.25, -0.2) is 0 Å². The van der Waals surface area contributed by atoms with Gasteiger partial charge in [-0.15, -0.1) is 0 Å². The van der Waals surface area contributed by atoms with Crippen LogP contribution >= 0.6 is 0 Å². The SMILES string of the molecule is c1ccc(-c2ccc(-n3c4ccccc4c4ccc5c6ccccc6c6ccccc6c5c43)c3ccccc23)cc1.c1ccc2c(-c3ccc(-n4c5ccccc5c5ccc6c7ccccc7c7ccccc7c6c54)c4ccccc34)cccc2c1.c1ccc2c(-c3ccc(-n4c5ccccc5c5ccc6c7ccccc7c7ccccc7c6c54)cc3)cccc2c1. The van der Waals surface area contributed by atoms with Gasteiger partial charge < -0.3 is 13.7 Å². The third-order valence-electron chi connectivity index (χ3n) is 27.3. The third kappa shape index (κ3) is 11.1. The van der Waals surface area contributed by atoms with Crippen LogP contribution in [-0.2, 0) is 0 Å². The number of hydrogen-bond donors (Lipinski definition) is 0. The van der Waals surface area contributed by atoms with Crippen LogP contribution in [0.2, 0.25) is 0 Å². The van der Waals surface area contributed by atoms with Gasteiger partial charge in [0.15, 0.2) is 0 Å². The van der Waals surface area contributed by atoms with Crippen LogP contribution in [0.1, 0.15) is 0 Å². The first kappa shape index (κ1) is 72.0. The molecule has 0 N–H and O–H groups in total. The predicted molar refractivity (Wildman–Crippen MR) is 546 cm³/mol. The summed E-state index contributed by atoms with van der Waals surface area (Å²) in [6, 6.07) is 171. The summed E-state index contributed by atoms with van der Waals surface area (Å²) >= 11 is 0. The van der Waals surface area contributed by atoms with Gasteiger partial charge >= 0.3 is 0 Å². The number of hydrogen-bond acceptors (Lipinski definition) is 0. The predicted octanol–water partition coefficient (Wildman–Crippen LogP) is 34.3. The van der Waals surface area contributed by atoms with Crippen molar-refractivity contribution in [3.8, 4) is 50.4 Å². The molecule has 28 rings (SSSR count). The summed E-state index contributed by atoms with van der Waals surface area (Å²) in [7, 11) is 0. The highest BCUT2D eigenvalue weighted by atomic mass is 15.0. The zero-order chi connectivity index (χ0) is 83.3. The van der Waals surface area contributed by atoms with E-state index >= 15 is 0 Å². The van der Waals surface area contributed by atoms with Crippen molar-refractivity contribution in [1.29, 1.82) is 0 Å². The summed E-state index contributed by atoms with van der Waals surface area (Å²) in [6.45, 7) is 0. The molecule has 0 spiro atoms. The number of fused-ring (bicyclic) bond motifs is 34. The van der Waals surface area contributed by atoms with Crippen LogP contribution in [0, 0.1) is 0 Å². The Morgan fingerprint density at radius 2 is 0.362 bits per heavy atom. The zero-order valence-corrected chi connectivity index (χ0v) is 69.3. The van der Waals surface area contributed by atoms with Crippen molar-refractivity contribution in [3.63, 3.8) is 0 Å². The van der Waals surface area contributed by atoms with Crippen molar-refractivity contribution in [2.45, 2.75) is 0 Å². The van der Waals surface area contributed by atoms with Crippen molar-refractivity contribution in [2.24, 2.45) is 0 Å². The van der Waals surface area contributed by atoms with E-state index in [1.807, 2.05) is 0 Å². The molecule has 0 aliphatic rings. The first-order chi connectivity index (χ1) is 63.1. The van der Waals surface area contributed by atoms with Gasteiger partial charge in [-0.2, -0.15) is 0 Å². The van der Waals surface area contributed by atoms with Gasteiger partial charge in [-0.3, -0.25) is 0 Å². The van der Waals surface area contributed by atoms with Gasteiger partial charge in [-0.1, -0.05) is 425 Å². The molecular weight excluding hydrogens is 1530 g/mol. The fourth-order valence-electron chi connectivity index (χ4n) is 21.9. The Kier molecular flexibility index (Phi) is 16.4. The number of benzene rings is 25. The van der Waals surface area contributed by atoms with Gasteiger partial charge in [0.1, 0.15) is 0 Å². The monoisotopic (exact) mass is 1610 g/mol. The lowest BCUT2D eigenvalue weighted by Crippen LogP contribution is -1.97. The molecule has 0 aliphatic heterocycles. The molecule has 0 unspecified atom stereocenters. The van der Waals surface area contributed by atoms with E-state index in [0.717, 1.165) is 0 Å². The van der Waals surface area contributed by atoms with Crippen LogP contribution in [0.15, 0.2) is 467 Å². The van der Waals surface area contributed by atoms with E-state index in [0.29, 0.717) is 0 Å². The Balaban J connectivity index is 0.000000101. The number of para-hydroxylation sites is 3. The summed E-state index contributed by atoms with van der Waals surface area (Å²) in [5.41, 5.74) is 18.6. The minimum absolute atomic E-state index is 1.17. The standard InChI is InChI=1S/C44H27N.2C40H25N/c1-2-14-29-28(12-1)13-11-22-30(29)35-26-27-42(36-19-7-5-16-32(35)36)45-41-23-10-9-20-37(41)40-25-24-39-34-18-4-3-15-31(34)33-17-6-8-21-38(33)43(39)44(40)45;1-2-12-29-26(10-1)11-9-18-30(29)27-20-22-28(23-21-27)41-38-19-8-7-16-34(38)37-25-24-36-33-15-4-3-13-31(33)32-14-5-6-17-35(32)39(36)40(37)41;1-2-12-26(13-3-1)27-24-25-38(32-18-8-6-14-28(27)32)41-37-21-11-10-19-33(37)36-23-22-35-31-17-5-4-15-29(31)30-16-7-9-20-34(30)39(35)40(36)41/h1-27H;2*1-25H. The number of aromatic nitrogens is 3. The van der Waals surface area contributed by atoms with Gasteiger partial charge in [0.05, 0.1) is 44.5 Å². The summed E-state index contributed by atoms with van der Waals surface area (Å²) in [5, 5.41) is 41.1. The second kappa shape index (κ2) is 29.0. The van der Waals surface area contributed by atoms with Crippen LogP contribution < -0.4 is 0 Å². The zero-order valence-electron chi connectivity index (χ0n) is 69.3. The van der Waals surface area contributed by atoms with Gasteiger partial charge in [0.2, 0.25) is 0 Å². The Hall–Kier alpha value is -16.7. The third-order valence-corrected chi connectivity index (χ3v) is 27.3. The van der Waals surface area contributed by atoms with Gasteiger partial charge in [0.25, 0.3) is 0 Å². The highest BCUT2D eigenvalue weighted by Gasteiger charge is 2.26. The van der Waals surface area contributed by atoms with Crippen LogP contribution in [0.5, 0.6) is 0 Å². The lowest BCUT2D eigenvalue weighted by Gasteiger charge is -2.17. The fraction of sp³-hybridized carbons (Fsp3) is 0. The Morgan fingerprint density at radius 1 is 0.118 bits per heavy atom. The summed E-state index contributed by atoms with van der Waals surface area (Å²) in [5.74, 6) is 0. The first-order valence-corrected chi connectivity index (χ1v) is 44.0. The molecule has 127 heavy (non-hydrogen) atoms. The highest BCUT2D eigenvalue weighted by Crippen LogP contribution is 2.50. The average Bonchev–Trinajstić information content (AvgIpc) is 1.59.